The van der Waals surface area contributed by atoms with Gasteiger partial charge in [0, 0.05) is 31.5 Å². The highest BCUT2D eigenvalue weighted by molar-refractivity contribution is 5.92. The van der Waals surface area contributed by atoms with E-state index in [0.29, 0.717) is 23.9 Å². The molecule has 144 valence electrons. The summed E-state index contributed by atoms with van der Waals surface area (Å²) in [4.78, 5) is 24.1. The van der Waals surface area contributed by atoms with Crippen LogP contribution in [0.15, 0.2) is 48.7 Å². The molecule has 0 N–H and O–H groups in total. The van der Waals surface area contributed by atoms with Gasteiger partial charge in [0.05, 0.1) is 6.04 Å². The molecule has 1 atom stereocenters. The summed E-state index contributed by atoms with van der Waals surface area (Å²) < 4.78 is 7.54. The highest BCUT2D eigenvalue weighted by Gasteiger charge is 2.32. The Hall–Kier alpha value is -3.22. The molecule has 4 rings (SSSR count). The lowest BCUT2D eigenvalue weighted by Gasteiger charge is -2.34. The second-order valence-electron chi connectivity index (χ2n) is 7.01. The number of piperidine rings is 1. The zero-order chi connectivity index (χ0) is 19.5. The van der Waals surface area contributed by atoms with Gasteiger partial charge >= 0.3 is 0 Å². The fourth-order valence-corrected chi connectivity index (χ4v) is 3.49. The molecule has 28 heavy (non-hydrogen) atoms. The molecule has 1 amide bonds. The van der Waals surface area contributed by atoms with Crippen LogP contribution in [0.2, 0.25) is 0 Å². The van der Waals surface area contributed by atoms with E-state index >= 15 is 0 Å². The third-order valence-electron chi connectivity index (χ3n) is 4.81. The molecule has 1 saturated heterocycles. The fraction of sp³-hybridized carbons (Fsp3) is 0.333. The molecular formula is C21H23N5O2. The number of hydrogen-bond acceptors (Lipinski definition) is 5. The summed E-state index contributed by atoms with van der Waals surface area (Å²) in [5.41, 5.74) is 1.26. The molecule has 0 bridgehead atoms. The monoisotopic (exact) mass is 377 g/mol. The summed E-state index contributed by atoms with van der Waals surface area (Å²) in [6, 6.07) is 12.9. The van der Waals surface area contributed by atoms with E-state index in [4.69, 9.17) is 4.74 Å². The van der Waals surface area contributed by atoms with Crippen LogP contribution in [0, 0.1) is 6.92 Å². The lowest BCUT2D eigenvalue weighted by Crippen LogP contribution is -2.39. The fourth-order valence-electron chi connectivity index (χ4n) is 3.49. The van der Waals surface area contributed by atoms with Gasteiger partial charge in [0.25, 0.3) is 5.91 Å². The van der Waals surface area contributed by atoms with E-state index in [9.17, 15) is 4.79 Å². The second kappa shape index (κ2) is 7.80. The van der Waals surface area contributed by atoms with Crippen LogP contribution < -0.4 is 4.74 Å². The molecule has 0 radical (unpaired) electrons. The Kier molecular flexibility index (Phi) is 5.06. The van der Waals surface area contributed by atoms with Crippen molar-refractivity contribution in [2.45, 2.75) is 32.2 Å². The van der Waals surface area contributed by atoms with Gasteiger partial charge in [0.2, 0.25) is 5.88 Å². The van der Waals surface area contributed by atoms with Crippen LogP contribution in [0.3, 0.4) is 0 Å². The maximum Gasteiger partial charge on any atom is 0.274 e. The van der Waals surface area contributed by atoms with Gasteiger partial charge in [0.1, 0.15) is 11.4 Å². The number of ether oxygens (including phenoxy) is 1. The van der Waals surface area contributed by atoms with E-state index in [0.717, 1.165) is 30.7 Å². The van der Waals surface area contributed by atoms with Gasteiger partial charge < -0.3 is 9.64 Å². The maximum absolute atomic E-state index is 13.0. The minimum absolute atomic E-state index is 0.0825. The average Bonchev–Trinajstić information content (AvgIpc) is 3.14. The van der Waals surface area contributed by atoms with Crippen LogP contribution in [-0.4, -0.2) is 37.1 Å². The van der Waals surface area contributed by atoms with Gasteiger partial charge in [0.15, 0.2) is 5.82 Å². The number of carbonyl (C=O) groups excluding carboxylic acids is 1. The first-order chi connectivity index (χ1) is 13.6. The number of para-hydroxylation sites is 1. The molecule has 7 heteroatoms. The molecule has 0 aliphatic carbocycles. The van der Waals surface area contributed by atoms with Gasteiger partial charge in [-0.15, -0.1) is 0 Å². The van der Waals surface area contributed by atoms with Gasteiger partial charge in [-0.25, -0.2) is 4.98 Å². The molecular weight excluding hydrogens is 354 g/mol. The van der Waals surface area contributed by atoms with E-state index in [1.807, 2.05) is 48.2 Å². The lowest BCUT2D eigenvalue weighted by molar-refractivity contribution is 0.0591. The van der Waals surface area contributed by atoms with Crippen LogP contribution in [0.4, 0.5) is 0 Å². The normalized spacial score (nSPS) is 16.8. The topological polar surface area (TPSA) is 73.1 Å². The molecule has 0 spiro atoms. The van der Waals surface area contributed by atoms with Crippen molar-refractivity contribution in [1.29, 1.82) is 0 Å². The van der Waals surface area contributed by atoms with Crippen molar-refractivity contribution in [3.63, 3.8) is 0 Å². The number of carbonyl (C=O) groups is 1. The zero-order valence-electron chi connectivity index (χ0n) is 16.1. The quantitative estimate of drug-likeness (QED) is 0.693. The van der Waals surface area contributed by atoms with Crippen molar-refractivity contribution in [2.24, 2.45) is 7.05 Å². The Labute approximate surface area is 164 Å². The van der Waals surface area contributed by atoms with Crippen LogP contribution in [0.1, 0.15) is 47.3 Å². The molecule has 1 aliphatic rings. The predicted molar refractivity (Wildman–Crippen MR) is 104 cm³/mol. The van der Waals surface area contributed by atoms with Crippen molar-refractivity contribution in [2.75, 3.05) is 6.54 Å². The standard InChI is InChI=1S/C21H23N5O2/c1-15-14-19(28-16-8-4-3-5-9-16)23-20(22-15)18-10-6-7-12-26(18)21(27)17-11-13-25(2)24-17/h3-5,8-9,11,13-14,18H,6-7,10,12H2,1-2H3/t18-/m1/s1. The van der Waals surface area contributed by atoms with Gasteiger partial charge in [-0.2, -0.15) is 10.1 Å². The molecule has 3 heterocycles. The number of rotatable bonds is 4. The first-order valence-corrected chi connectivity index (χ1v) is 9.49. The van der Waals surface area contributed by atoms with Crippen molar-refractivity contribution < 1.29 is 9.53 Å². The molecule has 3 aromatic rings. The molecule has 1 aromatic carbocycles. The van der Waals surface area contributed by atoms with E-state index in [1.165, 1.54) is 0 Å². The highest BCUT2D eigenvalue weighted by Crippen LogP contribution is 2.31. The number of likely N-dealkylation sites (tertiary alicyclic amines) is 1. The maximum atomic E-state index is 13.0. The van der Waals surface area contributed by atoms with Gasteiger partial charge in [-0.05, 0) is 44.4 Å². The Bertz CT molecular complexity index is 970. The predicted octanol–water partition coefficient (Wildman–Crippen LogP) is 3.68. The third-order valence-corrected chi connectivity index (χ3v) is 4.81. The van der Waals surface area contributed by atoms with Gasteiger partial charge in [-0.3, -0.25) is 9.48 Å². The van der Waals surface area contributed by atoms with Crippen molar-refractivity contribution in [3.8, 4) is 11.6 Å². The average molecular weight is 377 g/mol. The molecule has 0 saturated carbocycles. The Morgan fingerprint density at radius 2 is 1.96 bits per heavy atom. The first kappa shape index (κ1) is 18.2. The number of nitrogens with zero attached hydrogens (tertiary/aromatic N) is 5. The summed E-state index contributed by atoms with van der Waals surface area (Å²) in [5, 5.41) is 4.26. The smallest absolute Gasteiger partial charge is 0.274 e. The second-order valence-corrected chi connectivity index (χ2v) is 7.01. The van der Waals surface area contributed by atoms with E-state index < -0.39 is 0 Å². The first-order valence-electron chi connectivity index (χ1n) is 9.49. The van der Waals surface area contributed by atoms with Crippen LogP contribution in [-0.2, 0) is 7.05 Å². The van der Waals surface area contributed by atoms with E-state index in [2.05, 4.69) is 15.1 Å². The number of amides is 1. The van der Waals surface area contributed by atoms with Crippen molar-refractivity contribution >= 4 is 5.91 Å². The van der Waals surface area contributed by atoms with Crippen LogP contribution >= 0.6 is 0 Å². The number of aryl methyl sites for hydroxylation is 2. The van der Waals surface area contributed by atoms with Crippen LogP contribution in [0.5, 0.6) is 11.6 Å². The van der Waals surface area contributed by atoms with Crippen molar-refractivity contribution in [1.82, 2.24) is 24.6 Å². The van der Waals surface area contributed by atoms with E-state index in [1.54, 1.807) is 24.0 Å². The Morgan fingerprint density at radius 3 is 2.71 bits per heavy atom. The molecule has 1 aliphatic heterocycles. The summed E-state index contributed by atoms with van der Waals surface area (Å²) in [7, 11) is 1.81. The van der Waals surface area contributed by atoms with E-state index in [-0.39, 0.29) is 11.9 Å². The molecule has 2 aromatic heterocycles. The SMILES string of the molecule is Cc1cc(Oc2ccccc2)nc([C@H]2CCCCN2C(=O)c2ccn(C)n2)n1. The van der Waals surface area contributed by atoms with Crippen LogP contribution in [0.25, 0.3) is 0 Å². The summed E-state index contributed by atoms with van der Waals surface area (Å²) in [6.45, 7) is 2.59. The van der Waals surface area contributed by atoms with Crippen molar-refractivity contribution in [3.05, 3.63) is 65.9 Å². The Balaban J connectivity index is 1.63. The minimum Gasteiger partial charge on any atom is -0.439 e. The third kappa shape index (κ3) is 3.88. The zero-order valence-corrected chi connectivity index (χ0v) is 16.1. The summed E-state index contributed by atoms with van der Waals surface area (Å²) in [6.07, 6.45) is 4.60. The summed E-state index contributed by atoms with van der Waals surface area (Å²) >= 11 is 0. The molecule has 7 nitrogen and oxygen atoms in total. The largest absolute Gasteiger partial charge is 0.439 e. The molecule has 0 unspecified atom stereocenters. The van der Waals surface area contributed by atoms with Gasteiger partial charge in [-0.1, -0.05) is 18.2 Å². The number of benzene rings is 1. The number of aromatic nitrogens is 4. The molecule has 1 fully saturated rings. The Morgan fingerprint density at radius 1 is 1.14 bits per heavy atom. The number of hydrogen-bond donors (Lipinski definition) is 0. The minimum atomic E-state index is -0.179. The highest BCUT2D eigenvalue weighted by atomic mass is 16.5. The summed E-state index contributed by atoms with van der Waals surface area (Å²) in [5.74, 6) is 1.75. The lowest BCUT2D eigenvalue weighted by atomic mass is 10.0.